The number of rotatable bonds is 5. The lowest BCUT2D eigenvalue weighted by Gasteiger charge is -2.11. The molecule has 2 N–H and O–H groups in total. The molecule has 0 saturated heterocycles. The Hall–Kier alpha value is -1.46. The number of benzene rings is 1. The van der Waals surface area contributed by atoms with Crippen molar-refractivity contribution in [2.24, 2.45) is 5.73 Å². The van der Waals surface area contributed by atoms with E-state index >= 15 is 0 Å². The maximum absolute atomic E-state index is 5.83. The first-order valence-electron chi connectivity index (χ1n) is 6.08. The molecule has 0 aliphatic rings. The molecule has 0 saturated carbocycles. The number of aromatic nitrogens is 2. The average molecular weight is 322 g/mol. The van der Waals surface area contributed by atoms with Crippen molar-refractivity contribution in [3.63, 3.8) is 0 Å². The molecule has 100 valence electrons. The highest BCUT2D eigenvalue weighted by molar-refractivity contribution is 9.10. The zero-order valence-corrected chi connectivity index (χ0v) is 12.3. The zero-order chi connectivity index (χ0) is 13.7. The summed E-state index contributed by atoms with van der Waals surface area (Å²) < 4.78 is 6.73. The van der Waals surface area contributed by atoms with Crippen molar-refractivity contribution >= 4 is 15.9 Å². The lowest BCUT2D eigenvalue weighted by atomic mass is 10.1. The molecule has 0 spiro atoms. The maximum atomic E-state index is 5.83. The number of hydrogen-bond donors (Lipinski definition) is 1. The van der Waals surface area contributed by atoms with Crippen LogP contribution in [0.25, 0.3) is 0 Å². The molecule has 0 fully saturated rings. The predicted molar refractivity (Wildman–Crippen MR) is 77.9 cm³/mol. The van der Waals surface area contributed by atoms with Gasteiger partial charge in [-0.05, 0) is 43.2 Å². The Morgan fingerprint density at radius 1 is 1.32 bits per heavy atom. The van der Waals surface area contributed by atoms with Crippen LogP contribution in [0.1, 0.15) is 18.3 Å². The van der Waals surface area contributed by atoms with Gasteiger partial charge in [-0.2, -0.15) is 0 Å². The Labute approximate surface area is 121 Å². The summed E-state index contributed by atoms with van der Waals surface area (Å²) in [6.45, 7) is 2.35. The van der Waals surface area contributed by atoms with Gasteiger partial charge in [0.25, 0.3) is 0 Å². The summed E-state index contributed by atoms with van der Waals surface area (Å²) in [5, 5.41) is 0. The van der Waals surface area contributed by atoms with E-state index in [1.807, 2.05) is 25.1 Å². The fourth-order valence-electron chi connectivity index (χ4n) is 1.70. The van der Waals surface area contributed by atoms with E-state index in [4.69, 9.17) is 10.5 Å². The van der Waals surface area contributed by atoms with E-state index in [-0.39, 0.29) is 6.04 Å². The number of nitrogens with two attached hydrogens (primary N) is 1. The first-order valence-corrected chi connectivity index (χ1v) is 6.87. The molecule has 0 aliphatic carbocycles. The van der Waals surface area contributed by atoms with Crippen molar-refractivity contribution in [3.8, 4) is 5.75 Å². The van der Waals surface area contributed by atoms with Gasteiger partial charge in [0.1, 0.15) is 12.4 Å². The van der Waals surface area contributed by atoms with E-state index in [0.717, 1.165) is 22.2 Å². The summed E-state index contributed by atoms with van der Waals surface area (Å²) in [5.41, 5.74) is 6.97. The Kier molecular flexibility index (Phi) is 4.87. The second-order valence-electron chi connectivity index (χ2n) is 4.39. The standard InChI is InChI=1S/C14H16BrN3O/c1-10(16)7-11-8-12(3-4-13(11)15)19-9-14-17-5-2-6-18-14/h2-6,8,10H,7,9,16H2,1H3. The molecule has 0 amide bonds. The van der Waals surface area contributed by atoms with Crippen LogP contribution >= 0.6 is 15.9 Å². The van der Waals surface area contributed by atoms with E-state index in [1.165, 1.54) is 0 Å². The van der Waals surface area contributed by atoms with Gasteiger partial charge in [-0.3, -0.25) is 0 Å². The fourth-order valence-corrected chi connectivity index (χ4v) is 2.11. The molecule has 1 aromatic carbocycles. The van der Waals surface area contributed by atoms with Gasteiger partial charge in [0.15, 0.2) is 5.82 Å². The molecule has 0 bridgehead atoms. The second-order valence-corrected chi connectivity index (χ2v) is 5.24. The van der Waals surface area contributed by atoms with Crippen LogP contribution in [0.4, 0.5) is 0 Å². The van der Waals surface area contributed by atoms with Gasteiger partial charge in [-0.25, -0.2) is 9.97 Å². The minimum atomic E-state index is 0.115. The van der Waals surface area contributed by atoms with Gasteiger partial charge in [-0.15, -0.1) is 0 Å². The van der Waals surface area contributed by atoms with Gasteiger partial charge in [0.2, 0.25) is 0 Å². The summed E-state index contributed by atoms with van der Waals surface area (Å²) in [6, 6.07) is 7.78. The van der Waals surface area contributed by atoms with E-state index in [0.29, 0.717) is 12.4 Å². The van der Waals surface area contributed by atoms with Crippen LogP contribution in [0.2, 0.25) is 0 Å². The molecule has 1 unspecified atom stereocenters. The second kappa shape index (κ2) is 6.63. The van der Waals surface area contributed by atoms with Crippen molar-refractivity contribution in [2.45, 2.75) is 26.0 Å². The Morgan fingerprint density at radius 3 is 2.74 bits per heavy atom. The smallest absolute Gasteiger partial charge is 0.166 e. The summed E-state index contributed by atoms with van der Waals surface area (Å²) >= 11 is 3.52. The lowest BCUT2D eigenvalue weighted by molar-refractivity contribution is 0.295. The molecule has 2 rings (SSSR count). The lowest BCUT2D eigenvalue weighted by Crippen LogP contribution is -2.18. The highest BCUT2D eigenvalue weighted by Gasteiger charge is 2.06. The van der Waals surface area contributed by atoms with Crippen LogP contribution in [-0.2, 0) is 13.0 Å². The van der Waals surface area contributed by atoms with Crippen LogP contribution in [0.15, 0.2) is 41.1 Å². The van der Waals surface area contributed by atoms with Crippen molar-refractivity contribution < 1.29 is 4.74 Å². The molecule has 0 aliphatic heterocycles. The molecular weight excluding hydrogens is 306 g/mol. The topological polar surface area (TPSA) is 61.0 Å². The van der Waals surface area contributed by atoms with Gasteiger partial charge in [0, 0.05) is 22.9 Å². The predicted octanol–water partition coefficient (Wildman–Crippen LogP) is 2.71. The maximum Gasteiger partial charge on any atom is 0.166 e. The Bertz CT molecular complexity index is 531. The van der Waals surface area contributed by atoms with Gasteiger partial charge in [-0.1, -0.05) is 15.9 Å². The van der Waals surface area contributed by atoms with Crippen molar-refractivity contribution in [1.82, 2.24) is 9.97 Å². The quantitative estimate of drug-likeness (QED) is 0.919. The third kappa shape index (κ3) is 4.29. The van der Waals surface area contributed by atoms with Gasteiger partial charge in [0.05, 0.1) is 0 Å². The Morgan fingerprint density at radius 2 is 2.05 bits per heavy atom. The van der Waals surface area contributed by atoms with E-state index in [1.54, 1.807) is 18.5 Å². The average Bonchev–Trinajstić information content (AvgIpc) is 2.40. The van der Waals surface area contributed by atoms with Crippen molar-refractivity contribution in [2.75, 3.05) is 0 Å². The van der Waals surface area contributed by atoms with Crippen LogP contribution in [0.5, 0.6) is 5.75 Å². The minimum absolute atomic E-state index is 0.115. The molecular formula is C14H16BrN3O. The third-order valence-electron chi connectivity index (χ3n) is 2.55. The monoisotopic (exact) mass is 321 g/mol. The fraction of sp³-hybridized carbons (Fsp3) is 0.286. The molecule has 1 heterocycles. The molecule has 5 heteroatoms. The normalized spacial score (nSPS) is 12.2. The number of ether oxygens (including phenoxy) is 1. The van der Waals surface area contributed by atoms with E-state index in [9.17, 15) is 0 Å². The Balaban J connectivity index is 2.04. The summed E-state index contributed by atoms with van der Waals surface area (Å²) in [6.07, 6.45) is 4.21. The first kappa shape index (κ1) is 14.0. The number of nitrogens with zero attached hydrogens (tertiary/aromatic N) is 2. The molecule has 0 radical (unpaired) electrons. The summed E-state index contributed by atoms with van der Waals surface area (Å²) in [7, 11) is 0. The molecule has 2 aromatic rings. The van der Waals surface area contributed by atoms with Crippen LogP contribution in [-0.4, -0.2) is 16.0 Å². The molecule has 1 atom stereocenters. The third-order valence-corrected chi connectivity index (χ3v) is 3.32. The first-order chi connectivity index (χ1) is 9.15. The van der Waals surface area contributed by atoms with Crippen molar-refractivity contribution in [3.05, 3.63) is 52.5 Å². The zero-order valence-electron chi connectivity index (χ0n) is 10.7. The minimum Gasteiger partial charge on any atom is -0.486 e. The number of hydrogen-bond acceptors (Lipinski definition) is 4. The van der Waals surface area contributed by atoms with Crippen LogP contribution in [0.3, 0.4) is 0 Å². The van der Waals surface area contributed by atoms with Gasteiger partial charge < -0.3 is 10.5 Å². The highest BCUT2D eigenvalue weighted by atomic mass is 79.9. The van der Waals surface area contributed by atoms with Crippen LogP contribution in [0, 0.1) is 0 Å². The van der Waals surface area contributed by atoms with Crippen molar-refractivity contribution in [1.29, 1.82) is 0 Å². The van der Waals surface area contributed by atoms with E-state index in [2.05, 4.69) is 25.9 Å². The molecule has 1 aromatic heterocycles. The summed E-state index contributed by atoms with van der Waals surface area (Å²) in [5.74, 6) is 1.46. The molecule has 4 nitrogen and oxygen atoms in total. The van der Waals surface area contributed by atoms with Gasteiger partial charge >= 0.3 is 0 Å². The summed E-state index contributed by atoms with van der Waals surface area (Å²) in [4.78, 5) is 8.23. The molecule has 19 heavy (non-hydrogen) atoms. The number of halogens is 1. The highest BCUT2D eigenvalue weighted by Crippen LogP contribution is 2.24. The SMILES string of the molecule is CC(N)Cc1cc(OCc2ncccn2)ccc1Br. The largest absolute Gasteiger partial charge is 0.486 e. The van der Waals surface area contributed by atoms with Crippen LogP contribution < -0.4 is 10.5 Å². The van der Waals surface area contributed by atoms with E-state index < -0.39 is 0 Å².